The van der Waals surface area contributed by atoms with Crippen LogP contribution in [0.5, 0.6) is 0 Å². The SMILES string of the molecule is CCCC=CC(C=Nc1cccc(CCCCCCCCCCC)c1)=Nc1cccc(CCCCCCCCCCC)c1. The smallest absolute Gasteiger partial charge is 0.0816 e. The molecule has 2 aromatic rings. The molecule has 0 aromatic heterocycles. The number of hydrogen-bond donors (Lipinski definition) is 0. The van der Waals surface area contributed by atoms with Gasteiger partial charge in [0.05, 0.1) is 23.3 Å². The van der Waals surface area contributed by atoms with Crippen molar-refractivity contribution in [2.45, 2.75) is 162 Å². The summed E-state index contributed by atoms with van der Waals surface area (Å²) >= 11 is 0. The lowest BCUT2D eigenvalue weighted by molar-refractivity contribution is 0.565. The number of allylic oxidation sites excluding steroid dienone is 2. The van der Waals surface area contributed by atoms with E-state index in [2.05, 4.69) is 81.5 Å². The second kappa shape index (κ2) is 26.0. The van der Waals surface area contributed by atoms with Gasteiger partial charge in [0.2, 0.25) is 0 Å². The maximum absolute atomic E-state index is 5.00. The number of aryl methyl sites for hydroxylation is 2. The number of rotatable bonds is 26. The fraction of sp³-hybridized carbons (Fsp3) is 0.610. The third-order valence-corrected chi connectivity index (χ3v) is 8.31. The Morgan fingerprint density at radius 1 is 0.535 bits per heavy atom. The number of aliphatic imine (C=N–C) groups is 2. The highest BCUT2D eigenvalue weighted by Gasteiger charge is 2.00. The molecule has 0 aliphatic heterocycles. The number of unbranched alkanes of at least 4 members (excludes halogenated alkanes) is 17. The Morgan fingerprint density at radius 3 is 1.51 bits per heavy atom. The lowest BCUT2D eigenvalue weighted by Gasteiger charge is -2.05. The number of hydrogen-bond acceptors (Lipinski definition) is 2. The first kappa shape index (κ1) is 36.7. The molecule has 0 atom stereocenters. The zero-order valence-corrected chi connectivity index (χ0v) is 28.3. The predicted octanol–water partition coefficient (Wildman–Crippen LogP) is 13.7. The quantitative estimate of drug-likeness (QED) is 0.0776. The van der Waals surface area contributed by atoms with Crippen LogP contribution in [0.25, 0.3) is 0 Å². The van der Waals surface area contributed by atoms with Gasteiger partial charge in [0.25, 0.3) is 0 Å². The predicted molar refractivity (Wildman–Crippen MR) is 194 cm³/mol. The zero-order chi connectivity index (χ0) is 30.6. The Kier molecular flexibility index (Phi) is 22.2. The van der Waals surface area contributed by atoms with Gasteiger partial charge in [-0.3, -0.25) is 4.99 Å². The largest absolute Gasteiger partial charge is 0.255 e. The summed E-state index contributed by atoms with van der Waals surface area (Å²) < 4.78 is 0. The molecule has 238 valence electrons. The highest BCUT2D eigenvalue weighted by molar-refractivity contribution is 6.36. The van der Waals surface area contributed by atoms with Crippen LogP contribution in [0.3, 0.4) is 0 Å². The molecule has 2 rings (SSSR count). The fourth-order valence-corrected chi connectivity index (χ4v) is 5.62. The average molecular weight is 585 g/mol. The molecular formula is C41H64N2. The van der Waals surface area contributed by atoms with Gasteiger partial charge in [0.15, 0.2) is 0 Å². The second-order valence-electron chi connectivity index (χ2n) is 12.5. The summed E-state index contributed by atoms with van der Waals surface area (Å²) in [6.45, 7) is 6.79. The van der Waals surface area contributed by atoms with Crippen LogP contribution >= 0.6 is 0 Å². The van der Waals surface area contributed by atoms with Crippen LogP contribution in [0.15, 0.2) is 70.7 Å². The van der Waals surface area contributed by atoms with E-state index in [1.54, 1.807) is 0 Å². The van der Waals surface area contributed by atoms with Crippen LogP contribution in [-0.4, -0.2) is 11.9 Å². The van der Waals surface area contributed by atoms with Crippen molar-refractivity contribution in [1.29, 1.82) is 0 Å². The van der Waals surface area contributed by atoms with Crippen LogP contribution in [-0.2, 0) is 12.8 Å². The standard InChI is InChI=1S/C41H64N2/c1-4-7-10-12-14-16-18-20-23-27-37-29-25-32-39(34-37)42-36-41(31-22-9-6-3)43-40-33-26-30-38(35-40)28-24-21-19-17-15-13-11-8-5-2/h22,25-26,29-36H,4-21,23-24,27-28H2,1-3H3. The lowest BCUT2D eigenvalue weighted by atomic mass is 10.0. The minimum atomic E-state index is 0.915. The average Bonchev–Trinajstić information content (AvgIpc) is 3.02. The second-order valence-corrected chi connectivity index (χ2v) is 12.5. The van der Waals surface area contributed by atoms with E-state index in [1.807, 2.05) is 6.21 Å². The first-order chi connectivity index (χ1) is 21.2. The van der Waals surface area contributed by atoms with Gasteiger partial charge in [0.1, 0.15) is 0 Å². The van der Waals surface area contributed by atoms with E-state index in [9.17, 15) is 0 Å². The summed E-state index contributed by atoms with van der Waals surface area (Å²) in [4.78, 5) is 9.86. The maximum Gasteiger partial charge on any atom is 0.0816 e. The molecule has 2 nitrogen and oxygen atoms in total. The van der Waals surface area contributed by atoms with Crippen molar-refractivity contribution in [2.24, 2.45) is 9.98 Å². The van der Waals surface area contributed by atoms with Crippen LogP contribution in [0.2, 0.25) is 0 Å². The summed E-state index contributed by atoms with van der Waals surface area (Å²) in [5.74, 6) is 0. The van der Waals surface area contributed by atoms with E-state index in [0.717, 1.165) is 42.8 Å². The van der Waals surface area contributed by atoms with E-state index in [1.165, 1.54) is 127 Å². The van der Waals surface area contributed by atoms with E-state index < -0.39 is 0 Å². The molecule has 0 saturated heterocycles. The molecule has 0 amide bonds. The minimum absolute atomic E-state index is 0.915. The normalized spacial score (nSPS) is 12.2. The Bertz CT molecular complexity index is 1030. The van der Waals surface area contributed by atoms with Crippen molar-refractivity contribution in [2.75, 3.05) is 0 Å². The number of nitrogens with zero attached hydrogens (tertiary/aromatic N) is 2. The van der Waals surface area contributed by atoms with Crippen LogP contribution < -0.4 is 0 Å². The third kappa shape index (κ3) is 19.4. The van der Waals surface area contributed by atoms with Crippen molar-refractivity contribution in [1.82, 2.24) is 0 Å². The molecule has 0 saturated carbocycles. The highest BCUT2D eigenvalue weighted by Crippen LogP contribution is 2.20. The summed E-state index contributed by atoms with van der Waals surface area (Å²) in [6, 6.07) is 17.5. The maximum atomic E-state index is 5.00. The van der Waals surface area contributed by atoms with Crippen molar-refractivity contribution in [3.63, 3.8) is 0 Å². The summed E-state index contributed by atoms with van der Waals surface area (Å²) in [7, 11) is 0. The first-order valence-corrected chi connectivity index (χ1v) is 18.2. The lowest BCUT2D eigenvalue weighted by Crippen LogP contribution is -1.95. The molecule has 0 heterocycles. The monoisotopic (exact) mass is 585 g/mol. The van der Waals surface area contributed by atoms with Crippen molar-refractivity contribution in [3.05, 3.63) is 71.8 Å². The topological polar surface area (TPSA) is 24.7 Å². The molecule has 0 aliphatic carbocycles. The molecule has 2 aromatic carbocycles. The molecule has 0 aliphatic rings. The van der Waals surface area contributed by atoms with Crippen LogP contribution in [0, 0.1) is 0 Å². The summed E-state index contributed by atoms with van der Waals surface area (Å²) in [5, 5.41) is 0. The molecule has 0 N–H and O–H groups in total. The molecule has 0 fully saturated rings. The van der Waals surface area contributed by atoms with Gasteiger partial charge in [-0.2, -0.15) is 0 Å². The molecule has 0 unspecified atom stereocenters. The van der Waals surface area contributed by atoms with Crippen molar-refractivity contribution in [3.8, 4) is 0 Å². The summed E-state index contributed by atoms with van der Waals surface area (Å²) in [5.41, 5.74) is 5.74. The van der Waals surface area contributed by atoms with E-state index in [-0.39, 0.29) is 0 Å². The Labute approximate surface area is 266 Å². The first-order valence-electron chi connectivity index (χ1n) is 18.2. The van der Waals surface area contributed by atoms with E-state index in [4.69, 9.17) is 9.98 Å². The van der Waals surface area contributed by atoms with Gasteiger partial charge in [-0.1, -0.05) is 160 Å². The molecule has 0 radical (unpaired) electrons. The van der Waals surface area contributed by atoms with E-state index in [0.29, 0.717) is 0 Å². The van der Waals surface area contributed by atoms with Gasteiger partial charge in [-0.05, 0) is 73.6 Å². The Hall–Kier alpha value is -2.48. The van der Waals surface area contributed by atoms with Gasteiger partial charge in [-0.15, -0.1) is 0 Å². The Balaban J connectivity index is 1.87. The van der Waals surface area contributed by atoms with E-state index >= 15 is 0 Å². The van der Waals surface area contributed by atoms with Crippen molar-refractivity contribution < 1.29 is 0 Å². The van der Waals surface area contributed by atoms with Gasteiger partial charge in [-0.25, -0.2) is 4.99 Å². The number of benzene rings is 2. The molecule has 0 spiro atoms. The molecular weight excluding hydrogens is 520 g/mol. The molecule has 2 heteroatoms. The minimum Gasteiger partial charge on any atom is -0.255 e. The Morgan fingerprint density at radius 2 is 1.00 bits per heavy atom. The molecule has 43 heavy (non-hydrogen) atoms. The van der Waals surface area contributed by atoms with Crippen LogP contribution in [0.4, 0.5) is 11.4 Å². The zero-order valence-electron chi connectivity index (χ0n) is 28.3. The van der Waals surface area contributed by atoms with Crippen molar-refractivity contribution >= 4 is 23.3 Å². The van der Waals surface area contributed by atoms with Gasteiger partial charge < -0.3 is 0 Å². The third-order valence-electron chi connectivity index (χ3n) is 8.31. The fourth-order valence-electron chi connectivity index (χ4n) is 5.62. The molecule has 0 bridgehead atoms. The highest BCUT2D eigenvalue weighted by atomic mass is 14.8. The van der Waals surface area contributed by atoms with Gasteiger partial charge >= 0.3 is 0 Å². The summed E-state index contributed by atoms with van der Waals surface area (Å²) in [6.07, 6.45) is 35.4. The van der Waals surface area contributed by atoms with Gasteiger partial charge in [0, 0.05) is 0 Å². The van der Waals surface area contributed by atoms with Crippen LogP contribution in [0.1, 0.15) is 160 Å².